The van der Waals surface area contributed by atoms with E-state index in [1.807, 2.05) is 0 Å². The van der Waals surface area contributed by atoms with Crippen LogP contribution in [0.15, 0.2) is 10.7 Å². The molecular weight excluding hydrogens is 239 g/mol. The molecule has 2 nitrogen and oxygen atoms in total. The third-order valence-corrected chi connectivity index (χ3v) is 1.94. The van der Waals surface area contributed by atoms with Gasteiger partial charge in [-0.05, 0) is 22.0 Å². The molecule has 1 aromatic rings. The van der Waals surface area contributed by atoms with Crippen molar-refractivity contribution in [3.63, 3.8) is 0 Å². The van der Waals surface area contributed by atoms with Gasteiger partial charge in [0.2, 0.25) is 0 Å². The predicted octanol–water partition coefficient (Wildman–Crippen LogP) is 2.73. The van der Waals surface area contributed by atoms with Crippen LogP contribution in [-0.2, 0) is 0 Å². The van der Waals surface area contributed by atoms with Gasteiger partial charge in [0.1, 0.15) is 4.60 Å². The SMILES string of the molecule is Nc1c(Cl)cc(Br)nc1Cl. The summed E-state index contributed by atoms with van der Waals surface area (Å²) < 4.78 is 0.580. The monoisotopic (exact) mass is 240 g/mol. The molecule has 0 radical (unpaired) electrons. The van der Waals surface area contributed by atoms with Crippen molar-refractivity contribution in [2.24, 2.45) is 0 Å². The highest BCUT2D eigenvalue weighted by Gasteiger charge is 2.03. The summed E-state index contributed by atoms with van der Waals surface area (Å²) in [5.41, 5.74) is 5.72. The van der Waals surface area contributed by atoms with Gasteiger partial charge in [-0.1, -0.05) is 23.2 Å². The minimum Gasteiger partial charge on any atom is -0.395 e. The Morgan fingerprint density at radius 1 is 1.50 bits per heavy atom. The molecule has 0 aliphatic rings. The fraction of sp³-hybridized carbons (Fsp3) is 0. The summed E-state index contributed by atoms with van der Waals surface area (Å²) in [6.45, 7) is 0. The second-order valence-electron chi connectivity index (χ2n) is 1.63. The standard InChI is InChI=1S/C5H3BrCl2N2/c6-3-1-2(7)4(9)5(8)10-3/h1H,9H2. The topological polar surface area (TPSA) is 38.9 Å². The van der Waals surface area contributed by atoms with E-state index in [4.69, 9.17) is 28.9 Å². The number of pyridine rings is 1. The molecule has 1 heterocycles. The van der Waals surface area contributed by atoms with Gasteiger partial charge >= 0.3 is 0 Å². The lowest BCUT2D eigenvalue weighted by Crippen LogP contribution is -1.90. The van der Waals surface area contributed by atoms with Gasteiger partial charge in [-0.15, -0.1) is 0 Å². The summed E-state index contributed by atoms with van der Waals surface area (Å²) in [6.07, 6.45) is 0. The average molecular weight is 242 g/mol. The molecule has 0 fully saturated rings. The first kappa shape index (κ1) is 8.11. The number of anilines is 1. The van der Waals surface area contributed by atoms with Gasteiger partial charge in [-0.2, -0.15) is 0 Å². The number of nitrogen functional groups attached to an aromatic ring is 1. The molecule has 54 valence electrons. The Morgan fingerprint density at radius 3 is 2.60 bits per heavy atom. The van der Waals surface area contributed by atoms with Gasteiger partial charge in [0.25, 0.3) is 0 Å². The molecule has 10 heavy (non-hydrogen) atoms. The van der Waals surface area contributed by atoms with Crippen LogP contribution in [0.3, 0.4) is 0 Å². The van der Waals surface area contributed by atoms with Crippen LogP contribution in [0.2, 0.25) is 10.2 Å². The van der Waals surface area contributed by atoms with Crippen molar-refractivity contribution in [3.05, 3.63) is 20.8 Å². The van der Waals surface area contributed by atoms with E-state index in [2.05, 4.69) is 20.9 Å². The maximum Gasteiger partial charge on any atom is 0.154 e. The molecule has 0 aliphatic carbocycles. The minimum absolute atomic E-state index is 0.222. The summed E-state index contributed by atoms with van der Waals surface area (Å²) in [4.78, 5) is 3.81. The predicted molar refractivity (Wildman–Crippen MR) is 46.4 cm³/mol. The molecule has 0 spiro atoms. The minimum atomic E-state index is 0.222. The van der Waals surface area contributed by atoms with Crippen molar-refractivity contribution in [1.29, 1.82) is 0 Å². The molecule has 2 N–H and O–H groups in total. The number of hydrogen-bond donors (Lipinski definition) is 1. The van der Waals surface area contributed by atoms with E-state index in [0.717, 1.165) is 0 Å². The number of nitrogens with zero attached hydrogens (tertiary/aromatic N) is 1. The summed E-state index contributed by atoms with van der Waals surface area (Å²) in [5, 5.41) is 0.631. The van der Waals surface area contributed by atoms with Crippen LogP contribution in [0.5, 0.6) is 0 Å². The lowest BCUT2D eigenvalue weighted by molar-refractivity contribution is 1.28. The Balaban J connectivity index is 3.31. The second-order valence-corrected chi connectivity index (χ2v) is 3.21. The first-order chi connectivity index (χ1) is 4.61. The Morgan fingerprint density at radius 2 is 2.10 bits per heavy atom. The molecular formula is C5H3BrCl2N2. The maximum absolute atomic E-state index is 5.64. The Kier molecular flexibility index (Phi) is 2.39. The average Bonchev–Trinajstić information content (AvgIpc) is 1.82. The number of rotatable bonds is 0. The van der Waals surface area contributed by atoms with Gasteiger partial charge in [0.05, 0.1) is 10.7 Å². The second kappa shape index (κ2) is 2.95. The third-order valence-electron chi connectivity index (χ3n) is 0.930. The highest BCUT2D eigenvalue weighted by molar-refractivity contribution is 9.10. The van der Waals surface area contributed by atoms with E-state index in [1.165, 1.54) is 0 Å². The molecule has 0 unspecified atom stereocenters. The molecule has 5 heteroatoms. The van der Waals surface area contributed by atoms with Crippen molar-refractivity contribution < 1.29 is 0 Å². The van der Waals surface area contributed by atoms with Gasteiger partial charge in [0.15, 0.2) is 5.15 Å². The number of hydrogen-bond acceptors (Lipinski definition) is 2. The highest BCUT2D eigenvalue weighted by atomic mass is 79.9. The van der Waals surface area contributed by atoms with Crippen LogP contribution in [0, 0.1) is 0 Å². The van der Waals surface area contributed by atoms with Crippen LogP contribution in [0.25, 0.3) is 0 Å². The first-order valence-corrected chi connectivity index (χ1v) is 3.93. The largest absolute Gasteiger partial charge is 0.395 e. The fourth-order valence-corrected chi connectivity index (χ4v) is 1.54. The molecule has 0 saturated carbocycles. The first-order valence-electron chi connectivity index (χ1n) is 2.38. The van der Waals surface area contributed by atoms with Gasteiger partial charge in [0, 0.05) is 0 Å². The molecule has 0 atom stereocenters. The van der Waals surface area contributed by atoms with E-state index in [9.17, 15) is 0 Å². The van der Waals surface area contributed by atoms with E-state index in [0.29, 0.717) is 15.3 Å². The smallest absolute Gasteiger partial charge is 0.154 e. The number of aromatic nitrogens is 1. The van der Waals surface area contributed by atoms with E-state index in [-0.39, 0.29) is 5.15 Å². The molecule has 1 aromatic heterocycles. The van der Waals surface area contributed by atoms with Crippen LogP contribution in [0.1, 0.15) is 0 Å². The summed E-state index contributed by atoms with van der Waals surface area (Å²) in [7, 11) is 0. The molecule has 0 amide bonds. The van der Waals surface area contributed by atoms with E-state index >= 15 is 0 Å². The lowest BCUT2D eigenvalue weighted by Gasteiger charge is -1.98. The summed E-state index contributed by atoms with van der Waals surface area (Å²) in [5.74, 6) is 0. The fourth-order valence-electron chi connectivity index (χ4n) is 0.467. The van der Waals surface area contributed by atoms with Crippen molar-refractivity contribution in [2.45, 2.75) is 0 Å². The Labute approximate surface area is 76.5 Å². The van der Waals surface area contributed by atoms with E-state index < -0.39 is 0 Å². The zero-order valence-corrected chi connectivity index (χ0v) is 7.83. The zero-order valence-electron chi connectivity index (χ0n) is 4.74. The van der Waals surface area contributed by atoms with Crippen molar-refractivity contribution in [1.82, 2.24) is 4.98 Å². The van der Waals surface area contributed by atoms with Gasteiger partial charge in [-0.25, -0.2) is 4.98 Å². The summed E-state index contributed by atoms with van der Waals surface area (Å²) >= 11 is 14.3. The van der Waals surface area contributed by atoms with Crippen LogP contribution in [0.4, 0.5) is 5.69 Å². The van der Waals surface area contributed by atoms with Gasteiger partial charge in [-0.3, -0.25) is 0 Å². The third kappa shape index (κ3) is 1.54. The zero-order chi connectivity index (χ0) is 7.72. The van der Waals surface area contributed by atoms with Crippen LogP contribution in [-0.4, -0.2) is 4.98 Å². The molecule has 0 saturated heterocycles. The Hall–Kier alpha value is 0.01000. The summed E-state index contributed by atoms with van der Waals surface area (Å²) in [6, 6.07) is 1.59. The van der Waals surface area contributed by atoms with Crippen molar-refractivity contribution in [2.75, 3.05) is 5.73 Å². The normalized spacial score (nSPS) is 9.90. The molecule has 0 bridgehead atoms. The number of halogens is 3. The quantitative estimate of drug-likeness (QED) is 0.710. The van der Waals surface area contributed by atoms with Gasteiger partial charge < -0.3 is 5.73 Å². The van der Waals surface area contributed by atoms with Crippen LogP contribution >= 0.6 is 39.1 Å². The molecule has 0 aromatic carbocycles. The Bertz CT molecular complexity index is 241. The van der Waals surface area contributed by atoms with Crippen molar-refractivity contribution in [3.8, 4) is 0 Å². The molecule has 0 aliphatic heterocycles. The number of nitrogens with two attached hydrogens (primary N) is 1. The van der Waals surface area contributed by atoms with E-state index in [1.54, 1.807) is 6.07 Å². The molecule has 1 rings (SSSR count). The lowest BCUT2D eigenvalue weighted by atomic mass is 10.4. The van der Waals surface area contributed by atoms with Crippen LogP contribution < -0.4 is 5.73 Å². The highest BCUT2D eigenvalue weighted by Crippen LogP contribution is 2.27. The maximum atomic E-state index is 5.64. The van der Waals surface area contributed by atoms with Crippen molar-refractivity contribution >= 4 is 44.8 Å².